The van der Waals surface area contributed by atoms with Crippen molar-refractivity contribution in [1.29, 1.82) is 0 Å². The SMILES string of the molecule is CCOCC(O)Cc1cc(F)ccc1Br. The first-order valence-electron chi connectivity index (χ1n) is 4.83. The van der Waals surface area contributed by atoms with Gasteiger partial charge in [-0.2, -0.15) is 0 Å². The second kappa shape index (κ2) is 6.20. The van der Waals surface area contributed by atoms with Crippen LogP contribution in [-0.4, -0.2) is 24.4 Å². The van der Waals surface area contributed by atoms with Crippen LogP contribution in [0.4, 0.5) is 4.39 Å². The summed E-state index contributed by atoms with van der Waals surface area (Å²) in [6.07, 6.45) is -0.207. The number of rotatable bonds is 5. The predicted molar refractivity (Wildman–Crippen MR) is 60.3 cm³/mol. The number of halogens is 2. The highest BCUT2D eigenvalue weighted by molar-refractivity contribution is 9.10. The van der Waals surface area contributed by atoms with E-state index in [0.717, 1.165) is 10.0 Å². The van der Waals surface area contributed by atoms with Gasteiger partial charge in [-0.3, -0.25) is 0 Å². The highest BCUT2D eigenvalue weighted by Gasteiger charge is 2.09. The Morgan fingerprint density at radius 3 is 2.93 bits per heavy atom. The van der Waals surface area contributed by atoms with Gasteiger partial charge in [-0.15, -0.1) is 0 Å². The molecule has 0 radical (unpaired) electrons. The van der Waals surface area contributed by atoms with Crippen molar-refractivity contribution in [1.82, 2.24) is 0 Å². The molecule has 1 unspecified atom stereocenters. The van der Waals surface area contributed by atoms with Crippen LogP contribution in [0.5, 0.6) is 0 Å². The van der Waals surface area contributed by atoms with Crippen LogP contribution in [-0.2, 0) is 11.2 Å². The second-order valence-corrected chi connectivity index (χ2v) is 4.11. The lowest BCUT2D eigenvalue weighted by molar-refractivity contribution is 0.0429. The molecule has 84 valence electrons. The van der Waals surface area contributed by atoms with Crippen LogP contribution < -0.4 is 0 Å². The van der Waals surface area contributed by atoms with Gasteiger partial charge in [0.05, 0.1) is 12.7 Å². The zero-order valence-corrected chi connectivity index (χ0v) is 10.1. The summed E-state index contributed by atoms with van der Waals surface area (Å²) in [6, 6.07) is 4.43. The van der Waals surface area contributed by atoms with E-state index in [0.29, 0.717) is 13.0 Å². The predicted octanol–water partition coefficient (Wildman–Crippen LogP) is 2.53. The Labute approximate surface area is 97.2 Å². The van der Waals surface area contributed by atoms with Crippen LogP contribution >= 0.6 is 15.9 Å². The standard InChI is InChI=1S/C11H14BrFO2/c1-2-15-7-10(14)6-8-5-9(13)3-4-11(8)12/h3-5,10,14H,2,6-7H2,1H3. The van der Waals surface area contributed by atoms with Crippen molar-refractivity contribution < 1.29 is 14.2 Å². The summed E-state index contributed by atoms with van der Waals surface area (Å²) in [5.41, 5.74) is 0.752. The van der Waals surface area contributed by atoms with Crippen LogP contribution in [0.2, 0.25) is 0 Å². The van der Waals surface area contributed by atoms with Gasteiger partial charge in [0, 0.05) is 17.5 Å². The molecule has 0 fully saturated rings. The number of aliphatic hydroxyl groups is 1. The average Bonchev–Trinajstić information content (AvgIpc) is 2.20. The molecule has 0 bridgehead atoms. The van der Waals surface area contributed by atoms with E-state index in [1.807, 2.05) is 6.92 Å². The zero-order valence-electron chi connectivity index (χ0n) is 8.54. The summed E-state index contributed by atoms with van der Waals surface area (Å²) in [5.74, 6) is -0.295. The summed E-state index contributed by atoms with van der Waals surface area (Å²) in [7, 11) is 0. The van der Waals surface area contributed by atoms with Crippen LogP contribution in [0.1, 0.15) is 12.5 Å². The van der Waals surface area contributed by atoms with Gasteiger partial charge in [0.15, 0.2) is 0 Å². The zero-order chi connectivity index (χ0) is 11.3. The van der Waals surface area contributed by atoms with Gasteiger partial charge in [-0.25, -0.2) is 4.39 Å². The van der Waals surface area contributed by atoms with Gasteiger partial charge in [0.1, 0.15) is 5.82 Å². The van der Waals surface area contributed by atoms with Crippen LogP contribution in [0.15, 0.2) is 22.7 Å². The van der Waals surface area contributed by atoms with Gasteiger partial charge in [0.2, 0.25) is 0 Å². The van der Waals surface area contributed by atoms with Gasteiger partial charge in [0.25, 0.3) is 0 Å². The topological polar surface area (TPSA) is 29.5 Å². The van der Waals surface area contributed by atoms with E-state index in [2.05, 4.69) is 15.9 Å². The third-order valence-electron chi connectivity index (χ3n) is 1.98. The van der Waals surface area contributed by atoms with E-state index in [9.17, 15) is 9.50 Å². The Morgan fingerprint density at radius 2 is 2.27 bits per heavy atom. The molecule has 0 amide bonds. The minimum Gasteiger partial charge on any atom is -0.390 e. The molecule has 0 heterocycles. The third-order valence-corrected chi connectivity index (χ3v) is 2.75. The number of benzene rings is 1. The van der Waals surface area contributed by atoms with Gasteiger partial charge in [-0.05, 0) is 30.7 Å². The van der Waals surface area contributed by atoms with E-state index in [4.69, 9.17) is 4.74 Å². The molecular formula is C11H14BrFO2. The quantitative estimate of drug-likeness (QED) is 0.896. The first-order valence-corrected chi connectivity index (χ1v) is 5.62. The smallest absolute Gasteiger partial charge is 0.123 e. The highest BCUT2D eigenvalue weighted by atomic mass is 79.9. The molecular weight excluding hydrogens is 263 g/mol. The summed E-state index contributed by atoms with van der Waals surface area (Å²) in [5, 5.41) is 9.58. The highest BCUT2D eigenvalue weighted by Crippen LogP contribution is 2.19. The van der Waals surface area contributed by atoms with Crippen molar-refractivity contribution in [2.75, 3.05) is 13.2 Å². The largest absolute Gasteiger partial charge is 0.390 e. The molecule has 0 spiro atoms. The van der Waals surface area contributed by atoms with Crippen LogP contribution in [0.25, 0.3) is 0 Å². The molecule has 2 nitrogen and oxygen atoms in total. The first-order chi connectivity index (χ1) is 7.13. The fourth-order valence-corrected chi connectivity index (χ4v) is 1.67. The summed E-state index contributed by atoms with van der Waals surface area (Å²) in [4.78, 5) is 0. The van der Waals surface area contributed by atoms with Gasteiger partial charge in [-0.1, -0.05) is 15.9 Å². The van der Waals surface area contributed by atoms with Crippen molar-refractivity contribution in [2.45, 2.75) is 19.4 Å². The molecule has 1 aromatic rings. The van der Waals surface area contributed by atoms with Crippen molar-refractivity contribution in [3.8, 4) is 0 Å². The van der Waals surface area contributed by atoms with Gasteiger partial charge >= 0.3 is 0 Å². The number of ether oxygens (including phenoxy) is 1. The average molecular weight is 277 g/mol. The van der Waals surface area contributed by atoms with E-state index < -0.39 is 6.10 Å². The van der Waals surface area contributed by atoms with Crippen molar-refractivity contribution in [3.63, 3.8) is 0 Å². The molecule has 1 atom stereocenters. The number of aliphatic hydroxyl groups excluding tert-OH is 1. The minimum absolute atomic E-state index is 0.277. The number of hydrogen-bond acceptors (Lipinski definition) is 2. The van der Waals surface area contributed by atoms with E-state index in [-0.39, 0.29) is 12.4 Å². The maximum absolute atomic E-state index is 12.9. The Kier molecular flexibility index (Phi) is 5.22. The third kappa shape index (κ3) is 4.28. The molecule has 0 saturated heterocycles. The Morgan fingerprint density at radius 1 is 1.53 bits per heavy atom. The molecule has 0 aliphatic heterocycles. The normalized spacial score (nSPS) is 12.8. The molecule has 0 aromatic heterocycles. The molecule has 15 heavy (non-hydrogen) atoms. The van der Waals surface area contributed by atoms with Crippen molar-refractivity contribution >= 4 is 15.9 Å². The van der Waals surface area contributed by atoms with E-state index in [1.54, 1.807) is 6.07 Å². The Hall–Kier alpha value is -0.450. The second-order valence-electron chi connectivity index (χ2n) is 3.25. The summed E-state index contributed by atoms with van der Waals surface area (Å²) >= 11 is 3.31. The molecule has 0 aliphatic rings. The monoisotopic (exact) mass is 276 g/mol. The fourth-order valence-electron chi connectivity index (χ4n) is 1.27. The van der Waals surface area contributed by atoms with E-state index >= 15 is 0 Å². The van der Waals surface area contributed by atoms with Crippen LogP contribution in [0, 0.1) is 5.82 Å². The van der Waals surface area contributed by atoms with Gasteiger partial charge < -0.3 is 9.84 Å². The molecule has 1 aromatic carbocycles. The molecule has 0 saturated carbocycles. The Bertz CT molecular complexity index is 317. The fraction of sp³-hybridized carbons (Fsp3) is 0.455. The molecule has 1 N–H and O–H groups in total. The Balaban J connectivity index is 2.59. The summed E-state index contributed by atoms with van der Waals surface area (Å²) in [6.45, 7) is 2.71. The lowest BCUT2D eigenvalue weighted by Gasteiger charge is -2.11. The summed E-state index contributed by atoms with van der Waals surface area (Å²) < 4.78 is 18.8. The van der Waals surface area contributed by atoms with Crippen molar-refractivity contribution in [3.05, 3.63) is 34.1 Å². The minimum atomic E-state index is -0.594. The maximum atomic E-state index is 12.9. The van der Waals surface area contributed by atoms with Crippen LogP contribution in [0.3, 0.4) is 0 Å². The molecule has 0 aliphatic carbocycles. The molecule has 4 heteroatoms. The number of hydrogen-bond donors (Lipinski definition) is 1. The first kappa shape index (κ1) is 12.6. The van der Waals surface area contributed by atoms with Crippen molar-refractivity contribution in [2.24, 2.45) is 0 Å². The lowest BCUT2D eigenvalue weighted by Crippen LogP contribution is -2.18. The lowest BCUT2D eigenvalue weighted by atomic mass is 10.1. The maximum Gasteiger partial charge on any atom is 0.123 e. The van der Waals surface area contributed by atoms with E-state index in [1.165, 1.54) is 12.1 Å². The molecule has 1 rings (SSSR count).